The zero-order chi connectivity index (χ0) is 13.8. The third-order valence-electron chi connectivity index (χ3n) is 3.20. The highest BCUT2D eigenvalue weighted by molar-refractivity contribution is 5.94. The number of hydrogen-bond acceptors (Lipinski definition) is 4. The molecule has 0 atom stereocenters. The van der Waals surface area contributed by atoms with Gasteiger partial charge in [0.1, 0.15) is 5.75 Å². The van der Waals surface area contributed by atoms with Gasteiger partial charge in [0, 0.05) is 30.8 Å². The maximum absolute atomic E-state index is 11.4. The van der Waals surface area contributed by atoms with E-state index in [9.17, 15) is 9.59 Å². The van der Waals surface area contributed by atoms with Gasteiger partial charge in [-0.25, -0.2) is 0 Å². The molecule has 0 saturated carbocycles. The molecule has 1 N–H and O–H groups in total. The van der Waals surface area contributed by atoms with Crippen LogP contribution >= 0.6 is 0 Å². The molecule has 0 unspecified atom stereocenters. The van der Waals surface area contributed by atoms with Crippen LogP contribution in [0.4, 0.5) is 0 Å². The molecule has 0 spiro atoms. The average Bonchev–Trinajstić information content (AvgIpc) is 2.38. The fourth-order valence-electron chi connectivity index (χ4n) is 2.19. The summed E-state index contributed by atoms with van der Waals surface area (Å²) in [5.41, 5.74) is 1.60. The van der Waals surface area contributed by atoms with Crippen LogP contribution in [-0.4, -0.2) is 43.3 Å². The molecule has 0 aromatic heterocycles. The molecule has 1 saturated heterocycles. The molecular formula is C14H18N2O3. The van der Waals surface area contributed by atoms with Crippen LogP contribution in [0.3, 0.4) is 0 Å². The molecule has 1 aliphatic rings. The standard InChI is InChI=1S/C14H18N2O3/c1-10(17)11-3-4-13(19-2)12(7-11)8-16-6-5-15-14(18)9-16/h3-4,7H,5-6,8-9H2,1-2H3,(H,15,18). The van der Waals surface area contributed by atoms with Crippen LogP contribution in [0.15, 0.2) is 18.2 Å². The van der Waals surface area contributed by atoms with Crippen LogP contribution < -0.4 is 10.1 Å². The minimum absolute atomic E-state index is 0.0280. The first-order valence-corrected chi connectivity index (χ1v) is 6.27. The first kappa shape index (κ1) is 13.5. The Morgan fingerprint density at radius 1 is 1.47 bits per heavy atom. The largest absolute Gasteiger partial charge is 0.496 e. The van der Waals surface area contributed by atoms with Crippen molar-refractivity contribution in [2.75, 3.05) is 26.7 Å². The van der Waals surface area contributed by atoms with Crippen molar-refractivity contribution in [2.45, 2.75) is 13.5 Å². The zero-order valence-electron chi connectivity index (χ0n) is 11.2. The maximum atomic E-state index is 11.4. The number of ether oxygens (including phenoxy) is 1. The van der Waals surface area contributed by atoms with Gasteiger partial charge in [-0.1, -0.05) is 0 Å². The lowest BCUT2D eigenvalue weighted by molar-refractivity contribution is -0.124. The Kier molecular flexibility index (Phi) is 4.16. The number of carbonyl (C=O) groups is 2. The highest BCUT2D eigenvalue weighted by Gasteiger charge is 2.18. The average molecular weight is 262 g/mol. The van der Waals surface area contributed by atoms with Crippen molar-refractivity contribution in [3.63, 3.8) is 0 Å². The number of piperazine rings is 1. The number of nitrogens with zero attached hydrogens (tertiary/aromatic N) is 1. The third-order valence-corrected chi connectivity index (χ3v) is 3.20. The second kappa shape index (κ2) is 5.84. The van der Waals surface area contributed by atoms with Gasteiger partial charge in [0.15, 0.2) is 5.78 Å². The van der Waals surface area contributed by atoms with Gasteiger partial charge >= 0.3 is 0 Å². The SMILES string of the molecule is COc1ccc(C(C)=O)cc1CN1CCNC(=O)C1. The Morgan fingerprint density at radius 3 is 2.89 bits per heavy atom. The lowest BCUT2D eigenvalue weighted by atomic mass is 10.1. The van der Waals surface area contributed by atoms with Crippen LogP contribution in [0.25, 0.3) is 0 Å². The predicted octanol–water partition coefficient (Wildman–Crippen LogP) is 0.830. The smallest absolute Gasteiger partial charge is 0.234 e. The minimum atomic E-state index is 0.0280. The Bertz CT molecular complexity index is 499. The number of carbonyl (C=O) groups excluding carboxylic acids is 2. The second-order valence-electron chi connectivity index (χ2n) is 4.64. The summed E-state index contributed by atoms with van der Waals surface area (Å²) in [5, 5.41) is 2.79. The monoisotopic (exact) mass is 262 g/mol. The molecule has 1 amide bonds. The van der Waals surface area contributed by atoms with Crippen molar-refractivity contribution in [2.24, 2.45) is 0 Å². The van der Waals surface area contributed by atoms with E-state index in [1.807, 2.05) is 11.0 Å². The van der Waals surface area contributed by atoms with E-state index in [2.05, 4.69) is 5.32 Å². The molecule has 5 heteroatoms. The Morgan fingerprint density at radius 2 is 2.26 bits per heavy atom. The molecule has 1 aliphatic heterocycles. The number of benzene rings is 1. The fourth-order valence-corrected chi connectivity index (χ4v) is 2.19. The number of nitrogens with one attached hydrogen (secondary N) is 1. The van der Waals surface area contributed by atoms with Crippen LogP contribution in [0, 0.1) is 0 Å². The van der Waals surface area contributed by atoms with Crippen molar-refractivity contribution >= 4 is 11.7 Å². The third kappa shape index (κ3) is 3.32. The highest BCUT2D eigenvalue weighted by Crippen LogP contribution is 2.22. The quantitative estimate of drug-likeness (QED) is 0.817. The minimum Gasteiger partial charge on any atom is -0.496 e. The van der Waals surface area contributed by atoms with Crippen molar-refractivity contribution in [3.05, 3.63) is 29.3 Å². The molecule has 5 nitrogen and oxygen atoms in total. The lowest BCUT2D eigenvalue weighted by Crippen LogP contribution is -2.47. The van der Waals surface area contributed by atoms with E-state index in [4.69, 9.17) is 4.74 Å². The Hall–Kier alpha value is -1.88. The van der Waals surface area contributed by atoms with Gasteiger partial charge in [0.05, 0.1) is 13.7 Å². The van der Waals surface area contributed by atoms with Crippen LogP contribution in [0.2, 0.25) is 0 Å². The van der Waals surface area contributed by atoms with E-state index in [1.54, 1.807) is 26.2 Å². The molecule has 1 fully saturated rings. The van der Waals surface area contributed by atoms with E-state index in [0.717, 1.165) is 17.9 Å². The summed E-state index contributed by atoms with van der Waals surface area (Å²) in [6.45, 7) is 4.00. The Balaban J connectivity index is 2.19. The number of hydrogen-bond donors (Lipinski definition) is 1. The molecule has 19 heavy (non-hydrogen) atoms. The molecule has 102 valence electrons. The van der Waals surface area contributed by atoms with Gasteiger partial charge in [-0.05, 0) is 25.1 Å². The molecular weight excluding hydrogens is 244 g/mol. The number of methoxy groups -OCH3 is 1. The molecule has 2 rings (SSSR count). The summed E-state index contributed by atoms with van der Waals surface area (Å²) in [7, 11) is 1.61. The molecule has 1 aromatic carbocycles. The fraction of sp³-hybridized carbons (Fsp3) is 0.429. The second-order valence-corrected chi connectivity index (χ2v) is 4.64. The van der Waals surface area contributed by atoms with Crippen molar-refractivity contribution in [1.82, 2.24) is 10.2 Å². The topological polar surface area (TPSA) is 58.6 Å². The van der Waals surface area contributed by atoms with Gasteiger partial charge in [-0.15, -0.1) is 0 Å². The first-order chi connectivity index (χ1) is 9.10. The molecule has 1 aromatic rings. The van der Waals surface area contributed by atoms with Gasteiger partial charge in [-0.3, -0.25) is 14.5 Å². The summed E-state index contributed by atoms with van der Waals surface area (Å²) >= 11 is 0. The first-order valence-electron chi connectivity index (χ1n) is 6.27. The van der Waals surface area contributed by atoms with Crippen molar-refractivity contribution < 1.29 is 14.3 Å². The van der Waals surface area contributed by atoms with E-state index in [-0.39, 0.29) is 11.7 Å². The van der Waals surface area contributed by atoms with E-state index in [1.165, 1.54) is 0 Å². The van der Waals surface area contributed by atoms with Gasteiger partial charge in [-0.2, -0.15) is 0 Å². The summed E-state index contributed by atoms with van der Waals surface area (Å²) in [5.74, 6) is 0.809. The number of rotatable bonds is 4. The van der Waals surface area contributed by atoms with Gasteiger partial charge in [0.2, 0.25) is 5.91 Å². The van der Waals surface area contributed by atoms with Crippen molar-refractivity contribution in [3.8, 4) is 5.75 Å². The van der Waals surface area contributed by atoms with Gasteiger partial charge < -0.3 is 10.1 Å². The summed E-state index contributed by atoms with van der Waals surface area (Å²) in [4.78, 5) is 24.8. The number of ketones is 1. The van der Waals surface area contributed by atoms with E-state index < -0.39 is 0 Å². The Labute approximate surface area is 112 Å². The van der Waals surface area contributed by atoms with E-state index >= 15 is 0 Å². The number of Topliss-reactive ketones (excluding diaryl/α,β-unsaturated/α-hetero) is 1. The molecule has 0 radical (unpaired) electrons. The van der Waals surface area contributed by atoms with Crippen molar-refractivity contribution in [1.29, 1.82) is 0 Å². The molecule has 1 heterocycles. The summed E-state index contributed by atoms with van der Waals surface area (Å²) < 4.78 is 5.31. The van der Waals surface area contributed by atoms with Crippen LogP contribution in [0.1, 0.15) is 22.8 Å². The summed E-state index contributed by atoms with van der Waals surface area (Å²) in [6.07, 6.45) is 0. The highest BCUT2D eigenvalue weighted by atomic mass is 16.5. The molecule has 0 bridgehead atoms. The van der Waals surface area contributed by atoms with Crippen LogP contribution in [-0.2, 0) is 11.3 Å². The van der Waals surface area contributed by atoms with Crippen LogP contribution in [0.5, 0.6) is 5.75 Å². The molecule has 0 aliphatic carbocycles. The normalized spacial score (nSPS) is 16.0. The zero-order valence-corrected chi connectivity index (χ0v) is 11.2. The predicted molar refractivity (Wildman–Crippen MR) is 71.3 cm³/mol. The maximum Gasteiger partial charge on any atom is 0.234 e. The summed E-state index contributed by atoms with van der Waals surface area (Å²) in [6, 6.07) is 5.40. The number of amides is 1. The lowest BCUT2D eigenvalue weighted by Gasteiger charge is -2.27. The van der Waals surface area contributed by atoms with Gasteiger partial charge in [0.25, 0.3) is 0 Å². The van der Waals surface area contributed by atoms with E-state index in [0.29, 0.717) is 25.2 Å².